The molecule has 9 heteroatoms. The molecule has 0 bridgehead atoms. The molecule has 0 unspecified atom stereocenters. The minimum absolute atomic E-state index is 0.0452. The molecule has 1 aliphatic carbocycles. The lowest BCUT2D eigenvalue weighted by Gasteiger charge is -2.20. The smallest absolute Gasteiger partial charge is 0.228 e. The molecule has 0 saturated heterocycles. The van der Waals surface area contributed by atoms with Gasteiger partial charge in [0.05, 0.1) is 31.0 Å². The molecule has 1 saturated carbocycles. The first-order valence-electron chi connectivity index (χ1n) is 10.3. The van der Waals surface area contributed by atoms with Crippen molar-refractivity contribution in [3.63, 3.8) is 0 Å². The van der Waals surface area contributed by atoms with E-state index < -0.39 is 34.7 Å². The van der Waals surface area contributed by atoms with Crippen molar-refractivity contribution < 1.29 is 27.4 Å². The minimum atomic E-state index is -0.877. The van der Waals surface area contributed by atoms with Crippen LogP contribution in [-0.2, 0) is 21.6 Å². The standard InChI is InChI=1S/C24H22F3N3O3/c1-14-28-11-22(21(29-14)12-32-2)33-13-24(15-4-3-5-16(25)8-15)10-18(24)23(31)30-20-7-6-17(26)9-19(20)27/h3-9,11,18H,10,12-13H2,1-2H3,(H,30,31)/t18-,24+/m0/s1. The molecule has 1 N–H and O–H groups in total. The van der Waals surface area contributed by atoms with E-state index in [4.69, 9.17) is 9.47 Å². The van der Waals surface area contributed by atoms with Crippen LogP contribution in [0.1, 0.15) is 23.5 Å². The largest absolute Gasteiger partial charge is 0.489 e. The van der Waals surface area contributed by atoms with Gasteiger partial charge in [-0.1, -0.05) is 12.1 Å². The molecule has 3 aromatic rings. The lowest BCUT2D eigenvalue weighted by atomic mass is 9.93. The summed E-state index contributed by atoms with van der Waals surface area (Å²) in [5.41, 5.74) is 0.174. The quantitative estimate of drug-likeness (QED) is 0.545. The van der Waals surface area contributed by atoms with Gasteiger partial charge >= 0.3 is 0 Å². The maximum atomic E-state index is 14.0. The Hall–Kier alpha value is -3.46. The van der Waals surface area contributed by atoms with Crippen LogP contribution < -0.4 is 10.1 Å². The lowest BCUT2D eigenvalue weighted by Crippen LogP contribution is -2.27. The number of nitrogens with zero attached hydrogens (tertiary/aromatic N) is 2. The first-order valence-corrected chi connectivity index (χ1v) is 10.3. The molecule has 2 atom stereocenters. The normalized spacial score (nSPS) is 19.2. The van der Waals surface area contributed by atoms with Crippen molar-refractivity contribution in [1.82, 2.24) is 9.97 Å². The van der Waals surface area contributed by atoms with Gasteiger partial charge in [0.2, 0.25) is 5.91 Å². The molecule has 4 rings (SSSR count). The summed E-state index contributed by atoms with van der Waals surface area (Å²) in [6.07, 6.45) is 1.89. The molecule has 172 valence electrons. The molecular formula is C24H22F3N3O3. The van der Waals surface area contributed by atoms with Crippen LogP contribution in [-0.4, -0.2) is 29.6 Å². The van der Waals surface area contributed by atoms with Gasteiger partial charge in [-0.25, -0.2) is 23.1 Å². The topological polar surface area (TPSA) is 73.3 Å². The molecule has 0 aliphatic heterocycles. The van der Waals surface area contributed by atoms with Crippen LogP contribution in [0.2, 0.25) is 0 Å². The van der Waals surface area contributed by atoms with Crippen LogP contribution >= 0.6 is 0 Å². The Morgan fingerprint density at radius 1 is 1.18 bits per heavy atom. The number of anilines is 1. The van der Waals surface area contributed by atoms with E-state index >= 15 is 0 Å². The average Bonchev–Trinajstić information content (AvgIpc) is 3.51. The van der Waals surface area contributed by atoms with Gasteiger partial charge in [0.25, 0.3) is 0 Å². The van der Waals surface area contributed by atoms with Crippen LogP contribution in [0.4, 0.5) is 18.9 Å². The van der Waals surface area contributed by atoms with E-state index in [9.17, 15) is 18.0 Å². The third kappa shape index (κ3) is 4.83. The third-order valence-corrected chi connectivity index (χ3v) is 5.70. The number of methoxy groups -OCH3 is 1. The molecule has 6 nitrogen and oxygen atoms in total. The van der Waals surface area contributed by atoms with Crippen molar-refractivity contribution in [1.29, 1.82) is 0 Å². The summed E-state index contributed by atoms with van der Waals surface area (Å²) in [6.45, 7) is 2.00. The second-order valence-electron chi connectivity index (χ2n) is 7.99. The molecule has 1 aliphatic rings. The van der Waals surface area contributed by atoms with Gasteiger partial charge in [0.1, 0.15) is 29.0 Å². The van der Waals surface area contributed by atoms with E-state index in [1.807, 2.05) is 0 Å². The van der Waals surface area contributed by atoms with Gasteiger partial charge in [-0.2, -0.15) is 0 Å². The van der Waals surface area contributed by atoms with E-state index in [-0.39, 0.29) is 18.9 Å². The van der Waals surface area contributed by atoms with E-state index in [0.717, 1.165) is 12.1 Å². The number of aryl methyl sites for hydroxylation is 1. The summed E-state index contributed by atoms with van der Waals surface area (Å²) in [5, 5.41) is 2.50. The van der Waals surface area contributed by atoms with Crippen LogP contribution in [0, 0.1) is 30.3 Å². The van der Waals surface area contributed by atoms with Crippen molar-refractivity contribution in [3.05, 3.63) is 83.2 Å². The van der Waals surface area contributed by atoms with Crippen molar-refractivity contribution in [2.75, 3.05) is 19.0 Å². The average molecular weight is 457 g/mol. The zero-order valence-corrected chi connectivity index (χ0v) is 18.1. The number of carbonyl (C=O) groups is 1. The van der Waals surface area contributed by atoms with Crippen LogP contribution in [0.15, 0.2) is 48.7 Å². The maximum absolute atomic E-state index is 14.0. The summed E-state index contributed by atoms with van der Waals surface area (Å²) in [5.74, 6) is -2.19. The molecule has 33 heavy (non-hydrogen) atoms. The molecule has 1 heterocycles. The number of hydrogen-bond donors (Lipinski definition) is 1. The first kappa shape index (κ1) is 22.7. The predicted octanol–water partition coefficient (Wildman–Crippen LogP) is 4.32. The Morgan fingerprint density at radius 2 is 1.97 bits per heavy atom. The molecule has 0 radical (unpaired) electrons. The molecule has 0 spiro atoms. The third-order valence-electron chi connectivity index (χ3n) is 5.70. The van der Waals surface area contributed by atoms with Crippen LogP contribution in [0.5, 0.6) is 5.75 Å². The fraction of sp³-hybridized carbons (Fsp3) is 0.292. The highest BCUT2D eigenvalue weighted by molar-refractivity contribution is 5.96. The fourth-order valence-electron chi connectivity index (χ4n) is 3.89. The number of aromatic nitrogens is 2. The van der Waals surface area contributed by atoms with Crippen LogP contribution in [0.25, 0.3) is 0 Å². The zero-order chi connectivity index (χ0) is 23.6. The number of carbonyl (C=O) groups excluding carboxylic acids is 1. The second-order valence-corrected chi connectivity index (χ2v) is 7.99. The Kier molecular flexibility index (Phi) is 6.33. The SMILES string of the molecule is COCc1nc(C)ncc1OC[C@@]1(c2cccc(F)c2)C[C@H]1C(=O)Nc1ccc(F)cc1F. The van der Waals surface area contributed by atoms with Gasteiger partial charge in [-0.05, 0) is 43.2 Å². The molecule has 1 fully saturated rings. The minimum Gasteiger partial charge on any atom is -0.489 e. The molecule has 1 aromatic heterocycles. The van der Waals surface area contributed by atoms with Crippen molar-refractivity contribution in [2.24, 2.45) is 5.92 Å². The predicted molar refractivity (Wildman–Crippen MR) is 114 cm³/mol. The van der Waals surface area contributed by atoms with E-state index in [0.29, 0.717) is 35.3 Å². The fourth-order valence-corrected chi connectivity index (χ4v) is 3.89. The van der Waals surface area contributed by atoms with Gasteiger partial charge < -0.3 is 14.8 Å². The number of halogens is 3. The van der Waals surface area contributed by atoms with Crippen molar-refractivity contribution >= 4 is 11.6 Å². The molecular weight excluding hydrogens is 435 g/mol. The summed E-state index contributed by atoms with van der Waals surface area (Å²) in [6, 6.07) is 8.87. The Labute approximate surface area is 188 Å². The number of ether oxygens (including phenoxy) is 2. The number of amides is 1. The molecule has 2 aromatic carbocycles. The highest BCUT2D eigenvalue weighted by atomic mass is 19.1. The monoisotopic (exact) mass is 457 g/mol. The number of benzene rings is 2. The maximum Gasteiger partial charge on any atom is 0.228 e. The zero-order valence-electron chi connectivity index (χ0n) is 18.1. The highest BCUT2D eigenvalue weighted by Gasteiger charge is 2.60. The van der Waals surface area contributed by atoms with Gasteiger partial charge in [-0.15, -0.1) is 0 Å². The van der Waals surface area contributed by atoms with E-state index in [1.54, 1.807) is 19.1 Å². The lowest BCUT2D eigenvalue weighted by molar-refractivity contribution is -0.117. The van der Waals surface area contributed by atoms with E-state index in [1.165, 1.54) is 25.4 Å². The van der Waals surface area contributed by atoms with Crippen molar-refractivity contribution in [2.45, 2.75) is 25.4 Å². The van der Waals surface area contributed by atoms with E-state index in [2.05, 4.69) is 15.3 Å². The number of nitrogens with one attached hydrogen (secondary N) is 1. The summed E-state index contributed by atoms with van der Waals surface area (Å²) < 4.78 is 52.4. The summed E-state index contributed by atoms with van der Waals surface area (Å²) >= 11 is 0. The Bertz CT molecular complexity index is 1190. The number of rotatable bonds is 8. The summed E-state index contributed by atoms with van der Waals surface area (Å²) in [7, 11) is 1.53. The van der Waals surface area contributed by atoms with Gasteiger partial charge in [0.15, 0.2) is 5.75 Å². The first-order chi connectivity index (χ1) is 15.8. The number of hydrogen-bond acceptors (Lipinski definition) is 5. The van der Waals surface area contributed by atoms with Gasteiger partial charge in [0, 0.05) is 18.6 Å². The van der Waals surface area contributed by atoms with Crippen LogP contribution in [0.3, 0.4) is 0 Å². The molecule has 1 amide bonds. The Morgan fingerprint density at radius 3 is 2.70 bits per heavy atom. The highest BCUT2D eigenvalue weighted by Crippen LogP contribution is 2.55. The Balaban J connectivity index is 1.58. The second kappa shape index (κ2) is 9.19. The van der Waals surface area contributed by atoms with Gasteiger partial charge in [-0.3, -0.25) is 4.79 Å². The summed E-state index contributed by atoms with van der Waals surface area (Å²) in [4.78, 5) is 21.4. The van der Waals surface area contributed by atoms with Crippen molar-refractivity contribution in [3.8, 4) is 5.75 Å².